The van der Waals surface area contributed by atoms with Crippen molar-refractivity contribution in [3.05, 3.63) is 60.2 Å². The Morgan fingerprint density at radius 3 is 2.46 bits per heavy atom. The van der Waals surface area contributed by atoms with Crippen LogP contribution in [0.3, 0.4) is 0 Å². The first-order valence-corrected chi connectivity index (χ1v) is 8.18. The van der Waals surface area contributed by atoms with Crippen molar-refractivity contribution >= 4 is 6.08 Å². The van der Waals surface area contributed by atoms with E-state index in [0.717, 1.165) is 37.3 Å². The topological polar surface area (TPSA) is 24.3 Å². The Kier molecular flexibility index (Phi) is 5.72. The largest absolute Gasteiger partial charge is 0.319 e. The fourth-order valence-corrected chi connectivity index (χ4v) is 2.88. The Morgan fingerprint density at radius 2 is 1.75 bits per heavy atom. The third kappa shape index (κ3) is 4.49. The molecule has 4 nitrogen and oxygen atoms in total. The van der Waals surface area contributed by atoms with Crippen LogP contribution in [0.2, 0.25) is 0 Å². The molecule has 2 heterocycles. The molecule has 1 aromatic heterocycles. The molecule has 0 saturated carbocycles. The molecule has 3 rings (SSSR count). The summed E-state index contributed by atoms with van der Waals surface area (Å²) < 4.78 is 26.6. The Bertz CT molecular complexity index is 646. The number of aromatic nitrogens is 2. The minimum Gasteiger partial charge on any atom is -0.297 e. The Balaban J connectivity index is 1.44. The van der Waals surface area contributed by atoms with Gasteiger partial charge in [-0.05, 0) is 5.56 Å². The molecular formula is C18H22F2N4. The van der Waals surface area contributed by atoms with Crippen LogP contribution < -0.4 is 0 Å². The number of hydrogen-bond donors (Lipinski definition) is 0. The molecule has 1 aliphatic rings. The van der Waals surface area contributed by atoms with E-state index in [4.69, 9.17) is 0 Å². The number of alkyl halides is 2. The molecule has 0 aliphatic carbocycles. The summed E-state index contributed by atoms with van der Waals surface area (Å²) in [5, 5.41) is 0. The molecule has 0 atom stereocenters. The molecule has 0 bridgehead atoms. The highest BCUT2D eigenvalue weighted by Gasteiger charge is 2.19. The molecule has 1 saturated heterocycles. The van der Waals surface area contributed by atoms with Crippen molar-refractivity contribution in [1.82, 2.24) is 19.4 Å². The van der Waals surface area contributed by atoms with Crippen molar-refractivity contribution in [2.24, 2.45) is 0 Å². The van der Waals surface area contributed by atoms with Gasteiger partial charge in [0.2, 0.25) is 0 Å². The summed E-state index contributed by atoms with van der Waals surface area (Å²) in [7, 11) is 0. The van der Waals surface area contributed by atoms with Crippen LogP contribution in [0, 0.1) is 0 Å². The van der Waals surface area contributed by atoms with Crippen molar-refractivity contribution < 1.29 is 8.78 Å². The lowest BCUT2D eigenvalue weighted by atomic mass is 10.2. The van der Waals surface area contributed by atoms with Crippen molar-refractivity contribution in [2.45, 2.75) is 13.1 Å². The van der Waals surface area contributed by atoms with Gasteiger partial charge in [-0.3, -0.25) is 14.4 Å². The van der Waals surface area contributed by atoms with E-state index in [9.17, 15) is 8.78 Å². The van der Waals surface area contributed by atoms with Gasteiger partial charge >= 0.3 is 6.55 Å². The smallest absolute Gasteiger partial charge is 0.297 e. The Labute approximate surface area is 141 Å². The third-order valence-electron chi connectivity index (χ3n) is 4.26. The Hall–Kier alpha value is -2.05. The molecule has 128 valence electrons. The molecule has 2 aromatic rings. The average Bonchev–Trinajstić information content (AvgIpc) is 3.06. The van der Waals surface area contributed by atoms with Crippen LogP contribution in [0.25, 0.3) is 6.08 Å². The van der Waals surface area contributed by atoms with E-state index in [1.165, 1.54) is 18.0 Å². The monoisotopic (exact) mass is 332 g/mol. The number of imidazole rings is 1. The minimum absolute atomic E-state index is 0.433. The third-order valence-corrected chi connectivity index (χ3v) is 4.26. The summed E-state index contributed by atoms with van der Waals surface area (Å²) in [6, 6.07) is 10.2. The lowest BCUT2D eigenvalue weighted by Crippen LogP contribution is -2.46. The molecule has 0 radical (unpaired) electrons. The first-order valence-electron chi connectivity index (χ1n) is 8.18. The van der Waals surface area contributed by atoms with Gasteiger partial charge in [-0.15, -0.1) is 0 Å². The molecule has 0 N–H and O–H groups in total. The lowest BCUT2D eigenvalue weighted by molar-refractivity contribution is 0.0611. The maximum atomic E-state index is 12.8. The normalized spacial score (nSPS) is 17.1. The van der Waals surface area contributed by atoms with Crippen LogP contribution in [-0.2, 0) is 6.54 Å². The van der Waals surface area contributed by atoms with Gasteiger partial charge in [-0.2, -0.15) is 8.78 Å². The first-order chi connectivity index (χ1) is 11.7. The van der Waals surface area contributed by atoms with Crippen LogP contribution in [0.5, 0.6) is 0 Å². The van der Waals surface area contributed by atoms with E-state index < -0.39 is 6.55 Å². The lowest BCUT2D eigenvalue weighted by Gasteiger charge is -2.33. The predicted molar refractivity (Wildman–Crippen MR) is 90.7 cm³/mol. The highest BCUT2D eigenvalue weighted by atomic mass is 19.3. The van der Waals surface area contributed by atoms with Gasteiger partial charge in [0.1, 0.15) is 5.82 Å². The van der Waals surface area contributed by atoms with E-state index in [1.807, 2.05) is 18.2 Å². The van der Waals surface area contributed by atoms with Gasteiger partial charge in [-0.25, -0.2) is 4.98 Å². The number of rotatable bonds is 6. The van der Waals surface area contributed by atoms with Gasteiger partial charge in [-0.1, -0.05) is 42.5 Å². The van der Waals surface area contributed by atoms with E-state index >= 15 is 0 Å². The van der Waals surface area contributed by atoms with E-state index in [2.05, 4.69) is 39.1 Å². The van der Waals surface area contributed by atoms with Gasteiger partial charge < -0.3 is 0 Å². The molecule has 0 unspecified atom stereocenters. The molecule has 0 spiro atoms. The van der Waals surface area contributed by atoms with Gasteiger partial charge in [0.25, 0.3) is 0 Å². The van der Waals surface area contributed by atoms with Crippen molar-refractivity contribution in [1.29, 1.82) is 0 Å². The summed E-state index contributed by atoms with van der Waals surface area (Å²) >= 11 is 0. The molecule has 1 fully saturated rings. The SMILES string of the molecule is FC(F)n1ccnc1CN1CCN(CC=Cc2ccccc2)CC1. The van der Waals surface area contributed by atoms with Crippen LogP contribution in [0.4, 0.5) is 8.78 Å². The van der Waals surface area contributed by atoms with E-state index in [1.54, 1.807) is 0 Å². The fourth-order valence-electron chi connectivity index (χ4n) is 2.88. The van der Waals surface area contributed by atoms with Gasteiger partial charge in [0.05, 0.1) is 6.54 Å². The van der Waals surface area contributed by atoms with Crippen molar-refractivity contribution in [3.63, 3.8) is 0 Å². The number of halogens is 2. The zero-order chi connectivity index (χ0) is 16.8. The molecule has 6 heteroatoms. The number of benzene rings is 1. The quantitative estimate of drug-likeness (QED) is 0.812. The zero-order valence-corrected chi connectivity index (χ0v) is 13.6. The number of nitrogens with zero attached hydrogens (tertiary/aromatic N) is 4. The molecule has 0 amide bonds. The second-order valence-corrected chi connectivity index (χ2v) is 5.92. The van der Waals surface area contributed by atoms with Gasteiger partial charge in [0.15, 0.2) is 0 Å². The summed E-state index contributed by atoms with van der Waals surface area (Å²) in [4.78, 5) is 8.60. The van der Waals surface area contributed by atoms with Crippen LogP contribution >= 0.6 is 0 Å². The summed E-state index contributed by atoms with van der Waals surface area (Å²) in [6.07, 6.45) is 7.08. The van der Waals surface area contributed by atoms with E-state index in [0.29, 0.717) is 12.4 Å². The molecule has 1 aliphatic heterocycles. The second kappa shape index (κ2) is 8.17. The summed E-state index contributed by atoms with van der Waals surface area (Å²) in [5.41, 5.74) is 1.20. The highest BCUT2D eigenvalue weighted by molar-refractivity contribution is 5.48. The fraction of sp³-hybridized carbons (Fsp3) is 0.389. The average molecular weight is 332 g/mol. The minimum atomic E-state index is -2.52. The van der Waals surface area contributed by atoms with Crippen LogP contribution in [0.15, 0.2) is 48.8 Å². The van der Waals surface area contributed by atoms with Crippen LogP contribution in [-0.4, -0.2) is 52.1 Å². The maximum Gasteiger partial charge on any atom is 0.319 e. The number of piperazine rings is 1. The molecular weight excluding hydrogens is 310 g/mol. The Morgan fingerprint density at radius 1 is 1.04 bits per heavy atom. The zero-order valence-electron chi connectivity index (χ0n) is 13.6. The van der Waals surface area contributed by atoms with Crippen molar-refractivity contribution in [2.75, 3.05) is 32.7 Å². The first kappa shape index (κ1) is 16.8. The standard InChI is InChI=1S/C18H22F2N4/c19-18(20)24-10-8-21-17(24)15-23-13-11-22(12-14-23)9-4-7-16-5-2-1-3-6-16/h1-8,10,18H,9,11-15H2. The predicted octanol–water partition coefficient (Wildman–Crippen LogP) is 3.11. The van der Waals surface area contributed by atoms with E-state index in [-0.39, 0.29) is 0 Å². The highest BCUT2D eigenvalue weighted by Crippen LogP contribution is 2.15. The molecule has 24 heavy (non-hydrogen) atoms. The van der Waals surface area contributed by atoms with Crippen molar-refractivity contribution in [3.8, 4) is 0 Å². The molecule has 1 aromatic carbocycles. The second-order valence-electron chi connectivity index (χ2n) is 5.92. The van der Waals surface area contributed by atoms with Crippen LogP contribution in [0.1, 0.15) is 17.9 Å². The number of hydrogen-bond acceptors (Lipinski definition) is 3. The maximum absolute atomic E-state index is 12.8. The summed E-state index contributed by atoms with van der Waals surface area (Å²) in [6.45, 7) is 2.49. The van der Waals surface area contributed by atoms with Gasteiger partial charge in [0, 0.05) is 45.1 Å². The summed E-state index contributed by atoms with van der Waals surface area (Å²) in [5.74, 6) is 0.433.